The second-order valence-electron chi connectivity index (χ2n) is 5.50. The zero-order chi connectivity index (χ0) is 13.2. The SMILES string of the molecule is Cc1ccc(F)cc1CC(N)C1(C)CCCCO1. The van der Waals surface area contributed by atoms with Crippen LogP contribution in [0.1, 0.15) is 37.3 Å². The number of halogens is 1. The summed E-state index contributed by atoms with van der Waals surface area (Å²) in [6.07, 6.45) is 3.93. The van der Waals surface area contributed by atoms with Gasteiger partial charge in [-0.15, -0.1) is 0 Å². The molecule has 1 saturated heterocycles. The smallest absolute Gasteiger partial charge is 0.123 e. The summed E-state index contributed by atoms with van der Waals surface area (Å²) in [6.45, 7) is 4.85. The van der Waals surface area contributed by atoms with Crippen LogP contribution in [0, 0.1) is 12.7 Å². The van der Waals surface area contributed by atoms with Crippen LogP contribution in [0.3, 0.4) is 0 Å². The zero-order valence-electron chi connectivity index (χ0n) is 11.2. The molecule has 2 nitrogen and oxygen atoms in total. The van der Waals surface area contributed by atoms with Crippen molar-refractivity contribution in [2.75, 3.05) is 6.61 Å². The van der Waals surface area contributed by atoms with E-state index in [1.807, 2.05) is 6.92 Å². The minimum atomic E-state index is -0.267. The van der Waals surface area contributed by atoms with E-state index in [0.29, 0.717) is 6.42 Å². The molecule has 0 saturated carbocycles. The first kappa shape index (κ1) is 13.5. The van der Waals surface area contributed by atoms with Crippen molar-refractivity contribution in [3.63, 3.8) is 0 Å². The second-order valence-corrected chi connectivity index (χ2v) is 5.50. The van der Waals surface area contributed by atoms with E-state index in [-0.39, 0.29) is 17.5 Å². The highest BCUT2D eigenvalue weighted by atomic mass is 19.1. The normalized spacial score (nSPS) is 26.0. The van der Waals surface area contributed by atoms with E-state index >= 15 is 0 Å². The van der Waals surface area contributed by atoms with Crippen LogP contribution in [-0.4, -0.2) is 18.2 Å². The molecule has 0 aromatic heterocycles. The van der Waals surface area contributed by atoms with Gasteiger partial charge in [0, 0.05) is 12.6 Å². The molecule has 0 amide bonds. The van der Waals surface area contributed by atoms with Crippen molar-refractivity contribution in [2.24, 2.45) is 5.73 Å². The average Bonchev–Trinajstić information content (AvgIpc) is 2.35. The molecule has 1 aliphatic rings. The van der Waals surface area contributed by atoms with Gasteiger partial charge in [0.05, 0.1) is 5.60 Å². The summed E-state index contributed by atoms with van der Waals surface area (Å²) in [6, 6.07) is 4.80. The van der Waals surface area contributed by atoms with E-state index in [1.54, 1.807) is 12.1 Å². The Hall–Kier alpha value is -0.930. The molecule has 2 N–H and O–H groups in total. The van der Waals surface area contributed by atoms with Crippen molar-refractivity contribution < 1.29 is 9.13 Å². The number of hydrogen-bond donors (Lipinski definition) is 1. The topological polar surface area (TPSA) is 35.2 Å². The molecule has 2 unspecified atom stereocenters. The lowest BCUT2D eigenvalue weighted by atomic mass is 9.84. The van der Waals surface area contributed by atoms with E-state index in [0.717, 1.165) is 37.0 Å². The zero-order valence-corrected chi connectivity index (χ0v) is 11.2. The van der Waals surface area contributed by atoms with Crippen LogP contribution in [-0.2, 0) is 11.2 Å². The third kappa shape index (κ3) is 2.90. The molecule has 1 fully saturated rings. The van der Waals surface area contributed by atoms with Crippen LogP contribution in [0.4, 0.5) is 4.39 Å². The predicted molar refractivity (Wildman–Crippen MR) is 71.0 cm³/mol. The highest BCUT2D eigenvalue weighted by molar-refractivity contribution is 5.27. The standard InChI is InChI=1S/C15H22FNO/c1-11-5-6-13(16)9-12(11)10-14(17)15(2)7-3-4-8-18-15/h5-6,9,14H,3-4,7-8,10,17H2,1-2H3. The van der Waals surface area contributed by atoms with Crippen LogP contribution < -0.4 is 5.73 Å². The van der Waals surface area contributed by atoms with Crippen molar-refractivity contribution in [1.29, 1.82) is 0 Å². The molecule has 100 valence electrons. The number of ether oxygens (including phenoxy) is 1. The number of aryl methyl sites for hydroxylation is 1. The average molecular weight is 251 g/mol. The molecule has 1 aliphatic heterocycles. The summed E-state index contributed by atoms with van der Waals surface area (Å²) in [4.78, 5) is 0. The Labute approximate surface area is 108 Å². The third-order valence-corrected chi connectivity index (χ3v) is 4.03. The van der Waals surface area contributed by atoms with Crippen LogP contribution >= 0.6 is 0 Å². The lowest BCUT2D eigenvalue weighted by Gasteiger charge is -2.39. The Morgan fingerprint density at radius 3 is 2.89 bits per heavy atom. The highest BCUT2D eigenvalue weighted by Gasteiger charge is 2.34. The number of nitrogens with two attached hydrogens (primary N) is 1. The van der Waals surface area contributed by atoms with Crippen molar-refractivity contribution >= 4 is 0 Å². The van der Waals surface area contributed by atoms with Crippen LogP contribution in [0.5, 0.6) is 0 Å². The minimum Gasteiger partial charge on any atom is -0.374 e. The molecule has 1 heterocycles. The Balaban J connectivity index is 2.10. The maximum Gasteiger partial charge on any atom is 0.123 e. The molecule has 0 spiro atoms. The number of rotatable bonds is 3. The van der Waals surface area contributed by atoms with Gasteiger partial charge in [0.15, 0.2) is 0 Å². The fourth-order valence-electron chi connectivity index (χ4n) is 2.56. The van der Waals surface area contributed by atoms with Gasteiger partial charge in [0.2, 0.25) is 0 Å². The fourth-order valence-corrected chi connectivity index (χ4v) is 2.56. The minimum absolute atomic E-state index is 0.0849. The number of benzene rings is 1. The van der Waals surface area contributed by atoms with Gasteiger partial charge in [-0.3, -0.25) is 0 Å². The Kier molecular flexibility index (Phi) is 4.03. The van der Waals surface area contributed by atoms with E-state index in [9.17, 15) is 4.39 Å². The lowest BCUT2D eigenvalue weighted by Crippen LogP contribution is -2.50. The Bertz CT molecular complexity index is 413. The molecule has 0 radical (unpaired) electrons. The maximum absolute atomic E-state index is 13.3. The van der Waals surface area contributed by atoms with Crippen molar-refractivity contribution in [3.8, 4) is 0 Å². The second kappa shape index (κ2) is 5.37. The van der Waals surface area contributed by atoms with Gasteiger partial charge in [-0.1, -0.05) is 6.07 Å². The van der Waals surface area contributed by atoms with Crippen LogP contribution in [0.25, 0.3) is 0 Å². The summed E-state index contributed by atoms with van der Waals surface area (Å²) in [5.41, 5.74) is 8.09. The molecular weight excluding hydrogens is 229 g/mol. The predicted octanol–water partition coefficient (Wildman–Crippen LogP) is 2.96. The largest absolute Gasteiger partial charge is 0.374 e. The van der Waals surface area contributed by atoms with Gasteiger partial charge in [-0.2, -0.15) is 0 Å². The first-order valence-corrected chi connectivity index (χ1v) is 6.66. The maximum atomic E-state index is 13.3. The summed E-state index contributed by atoms with van der Waals surface area (Å²) in [5.74, 6) is -0.197. The molecule has 1 aromatic rings. The summed E-state index contributed by atoms with van der Waals surface area (Å²) < 4.78 is 19.1. The third-order valence-electron chi connectivity index (χ3n) is 4.03. The monoisotopic (exact) mass is 251 g/mol. The van der Waals surface area contributed by atoms with Gasteiger partial charge in [-0.25, -0.2) is 4.39 Å². The molecule has 2 rings (SSSR count). The van der Waals surface area contributed by atoms with Gasteiger partial charge in [-0.05, 0) is 62.8 Å². The summed E-state index contributed by atoms with van der Waals surface area (Å²) in [5, 5.41) is 0. The first-order valence-electron chi connectivity index (χ1n) is 6.66. The van der Waals surface area contributed by atoms with Crippen LogP contribution in [0.15, 0.2) is 18.2 Å². The van der Waals surface area contributed by atoms with E-state index < -0.39 is 0 Å². The molecule has 18 heavy (non-hydrogen) atoms. The molecular formula is C15H22FNO. The van der Waals surface area contributed by atoms with E-state index in [1.165, 1.54) is 6.07 Å². The van der Waals surface area contributed by atoms with Gasteiger partial charge < -0.3 is 10.5 Å². The highest BCUT2D eigenvalue weighted by Crippen LogP contribution is 2.29. The Morgan fingerprint density at radius 2 is 2.22 bits per heavy atom. The van der Waals surface area contributed by atoms with Crippen molar-refractivity contribution in [3.05, 3.63) is 35.1 Å². The van der Waals surface area contributed by atoms with Crippen molar-refractivity contribution in [2.45, 2.75) is 51.2 Å². The molecule has 0 bridgehead atoms. The fraction of sp³-hybridized carbons (Fsp3) is 0.600. The molecule has 2 atom stereocenters. The molecule has 3 heteroatoms. The van der Waals surface area contributed by atoms with Gasteiger partial charge in [0.25, 0.3) is 0 Å². The Morgan fingerprint density at radius 1 is 1.44 bits per heavy atom. The first-order chi connectivity index (χ1) is 8.51. The van der Waals surface area contributed by atoms with Gasteiger partial charge >= 0.3 is 0 Å². The summed E-state index contributed by atoms with van der Waals surface area (Å²) in [7, 11) is 0. The number of hydrogen-bond acceptors (Lipinski definition) is 2. The summed E-state index contributed by atoms with van der Waals surface area (Å²) >= 11 is 0. The van der Waals surface area contributed by atoms with Crippen LogP contribution in [0.2, 0.25) is 0 Å². The van der Waals surface area contributed by atoms with E-state index in [2.05, 4.69) is 6.92 Å². The quantitative estimate of drug-likeness (QED) is 0.896. The molecule has 0 aliphatic carbocycles. The van der Waals surface area contributed by atoms with E-state index in [4.69, 9.17) is 10.5 Å². The van der Waals surface area contributed by atoms with Crippen molar-refractivity contribution in [1.82, 2.24) is 0 Å². The molecule has 1 aromatic carbocycles. The van der Waals surface area contributed by atoms with Gasteiger partial charge in [0.1, 0.15) is 5.82 Å². The lowest BCUT2D eigenvalue weighted by molar-refractivity contribution is -0.0808.